The lowest BCUT2D eigenvalue weighted by atomic mass is 9.97. The third kappa shape index (κ3) is 3.38. The van der Waals surface area contributed by atoms with Crippen LogP contribution in [0.2, 0.25) is 0 Å². The summed E-state index contributed by atoms with van der Waals surface area (Å²) in [5.41, 5.74) is 3.35. The van der Waals surface area contributed by atoms with Crippen LogP contribution >= 0.6 is 0 Å². The topological polar surface area (TPSA) is 20.3 Å². The maximum atomic E-state index is 14.5. The van der Waals surface area contributed by atoms with Crippen molar-refractivity contribution >= 4 is 5.78 Å². The van der Waals surface area contributed by atoms with E-state index in [1.165, 1.54) is 24.5 Å². The van der Waals surface area contributed by atoms with E-state index in [9.17, 15) is 9.18 Å². The minimum atomic E-state index is -0.396. The van der Waals surface area contributed by atoms with Gasteiger partial charge in [0.2, 0.25) is 0 Å². The maximum Gasteiger partial charge on any atom is 0.168 e. The van der Waals surface area contributed by atoms with E-state index in [0.29, 0.717) is 6.04 Å². The van der Waals surface area contributed by atoms with Crippen LogP contribution in [0, 0.1) is 11.7 Å². The molecule has 2 fully saturated rings. The Hall–Kier alpha value is -2.00. The average Bonchev–Trinajstić information content (AvgIpc) is 3.35. The molecule has 1 saturated carbocycles. The lowest BCUT2D eigenvalue weighted by molar-refractivity contribution is 0.0963. The van der Waals surface area contributed by atoms with Crippen molar-refractivity contribution in [3.63, 3.8) is 0 Å². The fourth-order valence-corrected chi connectivity index (χ4v) is 3.78. The fourth-order valence-electron chi connectivity index (χ4n) is 3.78. The van der Waals surface area contributed by atoms with Crippen molar-refractivity contribution in [1.82, 2.24) is 4.90 Å². The Balaban J connectivity index is 1.60. The second-order valence-electron chi connectivity index (χ2n) is 7.38. The number of benzene rings is 2. The summed E-state index contributed by atoms with van der Waals surface area (Å²) in [4.78, 5) is 14.6. The monoisotopic (exact) mass is 337 g/mol. The summed E-state index contributed by atoms with van der Waals surface area (Å²) in [6, 6.07) is 13.8. The van der Waals surface area contributed by atoms with Crippen LogP contribution in [0.5, 0.6) is 0 Å². The van der Waals surface area contributed by atoms with Gasteiger partial charge in [-0.3, -0.25) is 9.69 Å². The number of rotatable bonds is 5. The number of nitrogens with zero attached hydrogens (tertiary/aromatic N) is 1. The summed E-state index contributed by atoms with van der Waals surface area (Å²) in [5.74, 6) is -0.391. The second kappa shape index (κ2) is 6.72. The van der Waals surface area contributed by atoms with Gasteiger partial charge in [-0.15, -0.1) is 0 Å². The molecule has 0 N–H and O–H groups in total. The van der Waals surface area contributed by atoms with Crippen LogP contribution < -0.4 is 0 Å². The van der Waals surface area contributed by atoms with Crippen molar-refractivity contribution in [2.24, 2.45) is 5.92 Å². The van der Waals surface area contributed by atoms with Gasteiger partial charge >= 0.3 is 0 Å². The van der Waals surface area contributed by atoms with E-state index in [4.69, 9.17) is 0 Å². The zero-order valence-electron chi connectivity index (χ0n) is 14.7. The predicted octanol–water partition coefficient (Wildman–Crippen LogP) is 5.24. The summed E-state index contributed by atoms with van der Waals surface area (Å²) in [6.07, 6.45) is 4.34. The quantitative estimate of drug-likeness (QED) is 0.695. The van der Waals surface area contributed by atoms with Crippen molar-refractivity contribution in [2.75, 3.05) is 13.1 Å². The first-order chi connectivity index (χ1) is 12.1. The Kier molecular flexibility index (Phi) is 4.43. The molecule has 0 bridgehead atoms. The molecule has 1 aliphatic heterocycles. The van der Waals surface area contributed by atoms with E-state index in [2.05, 4.69) is 24.0 Å². The molecule has 130 valence electrons. The normalized spacial score (nSPS) is 19.1. The van der Waals surface area contributed by atoms with Gasteiger partial charge in [-0.2, -0.15) is 0 Å². The third-order valence-electron chi connectivity index (χ3n) is 5.57. The largest absolute Gasteiger partial charge is 0.297 e. The average molecular weight is 337 g/mol. The van der Waals surface area contributed by atoms with Crippen molar-refractivity contribution in [3.05, 3.63) is 59.4 Å². The highest BCUT2D eigenvalue weighted by Crippen LogP contribution is 2.34. The van der Waals surface area contributed by atoms with Gasteiger partial charge in [0.1, 0.15) is 5.82 Å². The van der Waals surface area contributed by atoms with E-state index in [1.54, 1.807) is 6.07 Å². The van der Waals surface area contributed by atoms with Gasteiger partial charge in [-0.25, -0.2) is 4.39 Å². The number of Topliss-reactive ketones (excluding diaryl/α,β-unsaturated/α-hetero) is 1. The van der Waals surface area contributed by atoms with Gasteiger partial charge in [0, 0.05) is 12.0 Å². The Morgan fingerprint density at radius 1 is 1.08 bits per heavy atom. The molecule has 1 heterocycles. The van der Waals surface area contributed by atoms with Gasteiger partial charge in [-0.1, -0.05) is 24.3 Å². The molecule has 0 amide bonds. The SMILES string of the molecule is C[C@@H](c1cccc(-c2ccc(C(=O)C3CC3)c(F)c2)c1)N1CCCC1. The van der Waals surface area contributed by atoms with E-state index in [0.717, 1.165) is 37.1 Å². The molecule has 0 spiro atoms. The van der Waals surface area contributed by atoms with Crippen molar-refractivity contribution in [3.8, 4) is 11.1 Å². The van der Waals surface area contributed by atoms with Gasteiger partial charge in [0.15, 0.2) is 5.78 Å². The molecule has 1 saturated heterocycles. The first kappa shape index (κ1) is 16.5. The molecule has 1 atom stereocenters. The summed E-state index contributed by atoms with van der Waals surface area (Å²) in [5, 5.41) is 0. The second-order valence-corrected chi connectivity index (χ2v) is 7.38. The lowest BCUT2D eigenvalue weighted by Gasteiger charge is -2.24. The van der Waals surface area contributed by atoms with Gasteiger partial charge < -0.3 is 0 Å². The third-order valence-corrected chi connectivity index (χ3v) is 5.57. The van der Waals surface area contributed by atoms with Gasteiger partial charge in [0.05, 0.1) is 5.56 Å². The van der Waals surface area contributed by atoms with Gasteiger partial charge in [0.25, 0.3) is 0 Å². The Bertz CT molecular complexity index is 790. The molecule has 4 rings (SSSR count). The Labute approximate surface area is 148 Å². The number of halogens is 1. The number of carbonyl (C=O) groups is 1. The first-order valence-corrected chi connectivity index (χ1v) is 9.31. The molecule has 0 aromatic heterocycles. The van der Waals surface area contributed by atoms with E-state index in [1.807, 2.05) is 18.2 Å². The summed E-state index contributed by atoms with van der Waals surface area (Å²) < 4.78 is 14.5. The van der Waals surface area contributed by atoms with Gasteiger partial charge in [-0.05, 0) is 80.6 Å². The number of carbonyl (C=O) groups excluding carboxylic acids is 1. The van der Waals surface area contributed by atoms with Crippen LogP contribution in [0.1, 0.15) is 54.6 Å². The van der Waals surface area contributed by atoms with Crippen LogP contribution in [-0.4, -0.2) is 23.8 Å². The summed E-state index contributed by atoms with van der Waals surface area (Å²) in [6.45, 7) is 4.54. The molecule has 2 aromatic rings. The highest BCUT2D eigenvalue weighted by Gasteiger charge is 2.32. The van der Waals surface area contributed by atoms with Crippen LogP contribution in [-0.2, 0) is 0 Å². The molecule has 2 aromatic carbocycles. The molecule has 0 radical (unpaired) electrons. The smallest absolute Gasteiger partial charge is 0.168 e. The minimum absolute atomic E-state index is 0.0412. The van der Waals surface area contributed by atoms with E-state index >= 15 is 0 Å². The molecular formula is C22H24FNO. The minimum Gasteiger partial charge on any atom is -0.297 e. The van der Waals surface area contributed by atoms with E-state index < -0.39 is 5.82 Å². The number of hydrogen-bond acceptors (Lipinski definition) is 2. The molecule has 0 unspecified atom stereocenters. The van der Waals surface area contributed by atoms with Crippen LogP contribution in [0.3, 0.4) is 0 Å². The Morgan fingerprint density at radius 3 is 2.48 bits per heavy atom. The Morgan fingerprint density at radius 2 is 1.80 bits per heavy atom. The highest BCUT2D eigenvalue weighted by atomic mass is 19.1. The van der Waals surface area contributed by atoms with Crippen molar-refractivity contribution in [2.45, 2.75) is 38.6 Å². The number of hydrogen-bond donors (Lipinski definition) is 0. The van der Waals surface area contributed by atoms with E-state index in [-0.39, 0.29) is 17.3 Å². The first-order valence-electron chi connectivity index (χ1n) is 9.31. The fraction of sp³-hybridized carbons (Fsp3) is 0.409. The standard InChI is InChI=1S/C22H24FNO/c1-15(24-11-2-3-12-24)17-5-4-6-18(13-17)19-9-10-20(21(23)14-19)22(25)16-7-8-16/h4-6,9-10,13-16H,2-3,7-8,11-12H2,1H3/t15-/m0/s1. The zero-order valence-corrected chi connectivity index (χ0v) is 14.7. The molecule has 3 heteroatoms. The van der Waals surface area contributed by atoms with Crippen LogP contribution in [0.25, 0.3) is 11.1 Å². The zero-order chi connectivity index (χ0) is 17.4. The van der Waals surface area contributed by atoms with Crippen molar-refractivity contribution < 1.29 is 9.18 Å². The lowest BCUT2D eigenvalue weighted by Crippen LogP contribution is -2.23. The number of ketones is 1. The number of likely N-dealkylation sites (tertiary alicyclic amines) is 1. The molecular weight excluding hydrogens is 313 g/mol. The summed E-state index contributed by atoms with van der Waals surface area (Å²) in [7, 11) is 0. The maximum absolute atomic E-state index is 14.5. The predicted molar refractivity (Wildman–Crippen MR) is 98.1 cm³/mol. The highest BCUT2D eigenvalue weighted by molar-refractivity contribution is 5.99. The van der Waals surface area contributed by atoms with Crippen LogP contribution in [0.4, 0.5) is 4.39 Å². The molecule has 25 heavy (non-hydrogen) atoms. The molecule has 2 aliphatic rings. The molecule has 2 nitrogen and oxygen atoms in total. The van der Waals surface area contributed by atoms with Crippen molar-refractivity contribution in [1.29, 1.82) is 0 Å². The summed E-state index contributed by atoms with van der Waals surface area (Å²) >= 11 is 0. The molecule has 1 aliphatic carbocycles. The van der Waals surface area contributed by atoms with Crippen LogP contribution in [0.15, 0.2) is 42.5 Å².